The van der Waals surface area contributed by atoms with Gasteiger partial charge in [0, 0.05) is 17.7 Å². The Morgan fingerprint density at radius 1 is 0.944 bits per heavy atom. The molecular formula is C29H29NO6. The average molecular weight is 488 g/mol. The van der Waals surface area contributed by atoms with Crippen LogP contribution >= 0.6 is 0 Å². The lowest BCUT2D eigenvalue weighted by Crippen LogP contribution is -2.36. The van der Waals surface area contributed by atoms with Crippen molar-refractivity contribution in [3.8, 4) is 28.7 Å². The summed E-state index contributed by atoms with van der Waals surface area (Å²) in [5, 5.41) is 0. The van der Waals surface area contributed by atoms with Gasteiger partial charge in [-0.1, -0.05) is 36.4 Å². The molecule has 0 fully saturated rings. The molecule has 7 heteroatoms. The monoisotopic (exact) mass is 487 g/mol. The van der Waals surface area contributed by atoms with Gasteiger partial charge in [0.05, 0.1) is 32.9 Å². The molecule has 6 rings (SSSR count). The Bertz CT molecular complexity index is 1340. The van der Waals surface area contributed by atoms with Crippen molar-refractivity contribution < 1.29 is 28.4 Å². The van der Waals surface area contributed by atoms with Gasteiger partial charge in [-0.05, 0) is 42.8 Å². The Morgan fingerprint density at radius 2 is 1.75 bits per heavy atom. The van der Waals surface area contributed by atoms with Crippen LogP contribution in [-0.4, -0.2) is 46.6 Å². The smallest absolute Gasteiger partial charge is 0.231 e. The van der Waals surface area contributed by atoms with Gasteiger partial charge >= 0.3 is 0 Å². The summed E-state index contributed by atoms with van der Waals surface area (Å²) >= 11 is 0. The van der Waals surface area contributed by atoms with Crippen molar-refractivity contribution in [2.75, 3.05) is 41.7 Å². The lowest BCUT2D eigenvalue weighted by molar-refractivity contribution is 0.0642. The molecule has 3 aromatic rings. The van der Waals surface area contributed by atoms with Gasteiger partial charge < -0.3 is 28.4 Å². The first kappa shape index (κ1) is 22.6. The van der Waals surface area contributed by atoms with Crippen molar-refractivity contribution in [3.05, 3.63) is 76.3 Å². The quantitative estimate of drug-likeness (QED) is 0.488. The van der Waals surface area contributed by atoms with Gasteiger partial charge in [0.25, 0.3) is 0 Å². The number of fused-ring (bicyclic) bond motifs is 3. The van der Waals surface area contributed by atoms with Crippen LogP contribution in [0.25, 0.3) is 11.8 Å². The van der Waals surface area contributed by atoms with Crippen molar-refractivity contribution in [2.24, 2.45) is 0 Å². The molecule has 0 amide bonds. The second-order valence-electron chi connectivity index (χ2n) is 9.11. The van der Waals surface area contributed by atoms with Crippen molar-refractivity contribution >= 4 is 11.8 Å². The topological polar surface area (TPSA) is 58.6 Å². The second-order valence-corrected chi connectivity index (χ2v) is 9.11. The standard InChI is InChI=1S/C29H29NO6/c1-30-13-12-18-15-22-28(35-16-34-22)29(33-4)23(18)25(30)26-19-10-11-20(31-2)27(32-3)24(19)21(36-26)14-17-8-6-5-7-9-17/h5-11,14-15,25-26H,12-13,16H2,1-4H3/b21-14-/t25-,26+/m1/s1. The minimum Gasteiger partial charge on any atom is -0.493 e. The Kier molecular flexibility index (Phi) is 5.64. The van der Waals surface area contributed by atoms with Crippen molar-refractivity contribution in [1.82, 2.24) is 4.90 Å². The fourth-order valence-electron chi connectivity index (χ4n) is 5.58. The van der Waals surface area contributed by atoms with E-state index in [1.165, 1.54) is 5.56 Å². The van der Waals surface area contributed by atoms with E-state index in [-0.39, 0.29) is 18.9 Å². The molecule has 0 N–H and O–H groups in total. The minimum atomic E-state index is -0.298. The van der Waals surface area contributed by atoms with Gasteiger partial charge in [-0.3, -0.25) is 4.90 Å². The fraction of sp³-hybridized carbons (Fsp3) is 0.310. The normalized spacial score (nSPS) is 21.1. The molecule has 3 heterocycles. The van der Waals surface area contributed by atoms with Crippen LogP contribution in [0.1, 0.15) is 40.0 Å². The van der Waals surface area contributed by atoms with E-state index in [9.17, 15) is 0 Å². The Hall–Kier alpha value is -3.84. The lowest BCUT2D eigenvalue weighted by Gasteiger charge is -2.38. The van der Waals surface area contributed by atoms with Crippen LogP contribution in [0.2, 0.25) is 0 Å². The van der Waals surface area contributed by atoms with Gasteiger partial charge in [-0.15, -0.1) is 0 Å². The Labute approximate surface area is 210 Å². The molecule has 7 nitrogen and oxygen atoms in total. The van der Waals surface area contributed by atoms with E-state index in [1.807, 2.05) is 24.3 Å². The summed E-state index contributed by atoms with van der Waals surface area (Å²) in [7, 11) is 7.12. The third-order valence-electron chi connectivity index (χ3n) is 7.22. The van der Waals surface area contributed by atoms with Crippen LogP contribution in [0.3, 0.4) is 0 Å². The van der Waals surface area contributed by atoms with Crippen LogP contribution in [0.4, 0.5) is 0 Å². The molecule has 0 saturated heterocycles. The van der Waals surface area contributed by atoms with Gasteiger partial charge in [-0.2, -0.15) is 0 Å². The summed E-state index contributed by atoms with van der Waals surface area (Å²) in [6, 6.07) is 16.1. The summed E-state index contributed by atoms with van der Waals surface area (Å²) in [6.45, 7) is 1.07. The van der Waals surface area contributed by atoms with E-state index in [1.54, 1.807) is 21.3 Å². The third kappa shape index (κ3) is 3.45. The SMILES string of the molecule is COc1ccc2c(c1OC)/C(=C/c1ccccc1)O[C@@H]2[C@H]1c2c(cc3c(c2OC)OCO3)CCN1C. The van der Waals surface area contributed by atoms with Gasteiger partial charge in [0.15, 0.2) is 23.0 Å². The molecule has 0 bridgehead atoms. The molecule has 186 valence electrons. The predicted octanol–water partition coefficient (Wildman–Crippen LogP) is 5.24. The third-order valence-corrected chi connectivity index (χ3v) is 7.22. The molecule has 0 radical (unpaired) electrons. The molecule has 0 saturated carbocycles. The van der Waals surface area contributed by atoms with Crippen LogP contribution in [-0.2, 0) is 11.2 Å². The lowest BCUT2D eigenvalue weighted by atomic mass is 9.85. The fourth-order valence-corrected chi connectivity index (χ4v) is 5.58. The zero-order chi connectivity index (χ0) is 24.8. The van der Waals surface area contributed by atoms with Crippen LogP contribution in [0, 0.1) is 0 Å². The summed E-state index contributed by atoms with van der Waals surface area (Å²) < 4.78 is 35.8. The summed E-state index contributed by atoms with van der Waals surface area (Å²) in [5.41, 5.74) is 5.25. The average Bonchev–Trinajstić information content (AvgIpc) is 3.52. The molecule has 3 aliphatic rings. The zero-order valence-electron chi connectivity index (χ0n) is 20.9. The van der Waals surface area contributed by atoms with E-state index < -0.39 is 0 Å². The zero-order valence-corrected chi connectivity index (χ0v) is 20.9. The molecule has 0 spiro atoms. The highest BCUT2D eigenvalue weighted by Gasteiger charge is 2.44. The highest BCUT2D eigenvalue weighted by Crippen LogP contribution is 2.57. The van der Waals surface area contributed by atoms with Crippen LogP contribution in [0.15, 0.2) is 48.5 Å². The van der Waals surface area contributed by atoms with Crippen molar-refractivity contribution in [3.63, 3.8) is 0 Å². The predicted molar refractivity (Wildman–Crippen MR) is 136 cm³/mol. The maximum atomic E-state index is 6.82. The number of methoxy groups -OCH3 is 3. The van der Waals surface area contributed by atoms with E-state index in [4.69, 9.17) is 28.4 Å². The number of hydrogen-bond donors (Lipinski definition) is 0. The van der Waals surface area contributed by atoms with E-state index in [2.05, 4.69) is 42.3 Å². The number of nitrogens with zero attached hydrogens (tertiary/aromatic N) is 1. The van der Waals surface area contributed by atoms with Crippen molar-refractivity contribution in [2.45, 2.75) is 18.6 Å². The van der Waals surface area contributed by atoms with E-state index in [0.29, 0.717) is 23.0 Å². The van der Waals surface area contributed by atoms with Crippen molar-refractivity contribution in [1.29, 1.82) is 0 Å². The minimum absolute atomic E-state index is 0.114. The summed E-state index contributed by atoms with van der Waals surface area (Å²) in [4.78, 5) is 2.32. The van der Waals surface area contributed by atoms with Crippen LogP contribution in [0.5, 0.6) is 28.7 Å². The number of ether oxygens (including phenoxy) is 6. The Balaban J connectivity index is 1.55. The molecule has 2 atom stereocenters. The highest BCUT2D eigenvalue weighted by atomic mass is 16.7. The second kappa shape index (κ2) is 8.99. The molecule has 3 aromatic carbocycles. The molecule has 3 aliphatic heterocycles. The van der Waals surface area contributed by atoms with E-state index >= 15 is 0 Å². The highest BCUT2D eigenvalue weighted by molar-refractivity contribution is 5.85. The number of likely N-dealkylation sites (N-methyl/N-ethyl adjacent to an activating group) is 1. The molecular weight excluding hydrogens is 458 g/mol. The van der Waals surface area contributed by atoms with Gasteiger partial charge in [0.1, 0.15) is 11.9 Å². The van der Waals surface area contributed by atoms with Gasteiger partial charge in [0.2, 0.25) is 12.5 Å². The Morgan fingerprint density at radius 3 is 2.50 bits per heavy atom. The number of rotatable bonds is 5. The van der Waals surface area contributed by atoms with Crippen LogP contribution < -0.4 is 23.7 Å². The molecule has 36 heavy (non-hydrogen) atoms. The van der Waals surface area contributed by atoms with Gasteiger partial charge in [-0.25, -0.2) is 0 Å². The number of hydrogen-bond acceptors (Lipinski definition) is 7. The summed E-state index contributed by atoms with van der Waals surface area (Å²) in [5.74, 6) is 4.17. The maximum Gasteiger partial charge on any atom is 0.231 e. The van der Waals surface area contributed by atoms with E-state index in [0.717, 1.165) is 46.7 Å². The molecule has 0 unspecified atom stereocenters. The first-order valence-corrected chi connectivity index (χ1v) is 12.0. The summed E-state index contributed by atoms with van der Waals surface area (Å²) in [6.07, 6.45) is 2.64. The number of benzene rings is 3. The first-order chi connectivity index (χ1) is 17.6. The largest absolute Gasteiger partial charge is 0.493 e. The molecule has 0 aliphatic carbocycles. The first-order valence-electron chi connectivity index (χ1n) is 12.0. The maximum absolute atomic E-state index is 6.82. The molecule has 0 aromatic heterocycles.